The van der Waals surface area contributed by atoms with Crippen LogP contribution in [0.4, 0.5) is 5.82 Å². The van der Waals surface area contributed by atoms with Crippen molar-refractivity contribution in [2.75, 3.05) is 11.4 Å². The molecule has 3 fully saturated rings. The van der Waals surface area contributed by atoms with Crippen LogP contribution in [0.3, 0.4) is 0 Å². The molecule has 2 saturated carbocycles. The van der Waals surface area contributed by atoms with E-state index in [0.717, 1.165) is 48.5 Å². The molecule has 0 bridgehead atoms. The van der Waals surface area contributed by atoms with Crippen molar-refractivity contribution in [1.82, 2.24) is 19.6 Å². The molecular formula is C25H26N6O2. The molecule has 2 unspecified atom stereocenters. The maximum absolute atomic E-state index is 12.6. The lowest BCUT2D eigenvalue weighted by Gasteiger charge is -2.59. The van der Waals surface area contributed by atoms with E-state index >= 15 is 0 Å². The van der Waals surface area contributed by atoms with E-state index in [4.69, 9.17) is 9.72 Å². The Bertz CT molecular complexity index is 1310. The zero-order valence-corrected chi connectivity index (χ0v) is 19.0. The van der Waals surface area contributed by atoms with Crippen molar-refractivity contribution in [2.45, 2.75) is 57.6 Å². The van der Waals surface area contributed by atoms with E-state index in [9.17, 15) is 10.1 Å². The number of nitriles is 1. The molecule has 0 amide bonds. The first-order valence-electron chi connectivity index (χ1n) is 11.6. The molecule has 3 aromatic rings. The van der Waals surface area contributed by atoms with Gasteiger partial charge in [-0.25, -0.2) is 9.50 Å². The van der Waals surface area contributed by atoms with E-state index in [1.165, 1.54) is 5.56 Å². The SMILES string of the molecule is CC(C)(C)OC(=O)C1C[C@H]2C1CN2c1ncnn2c(-c3cc(C#N)ccn3)cc(C3CC3)c12. The lowest BCUT2D eigenvalue weighted by molar-refractivity contribution is -0.169. The van der Waals surface area contributed by atoms with Crippen LogP contribution in [0.2, 0.25) is 0 Å². The highest BCUT2D eigenvalue weighted by molar-refractivity contribution is 5.82. The molecule has 168 valence electrons. The third-order valence-electron chi connectivity index (χ3n) is 7.03. The maximum Gasteiger partial charge on any atom is 0.309 e. The highest BCUT2D eigenvalue weighted by Gasteiger charge is 2.57. The Morgan fingerprint density at radius 3 is 2.73 bits per heavy atom. The van der Waals surface area contributed by atoms with Gasteiger partial charge in [0, 0.05) is 24.7 Å². The Morgan fingerprint density at radius 2 is 2.06 bits per heavy atom. The number of aromatic nitrogens is 4. The van der Waals surface area contributed by atoms with Crippen LogP contribution in [0.5, 0.6) is 0 Å². The number of hydrogen-bond donors (Lipinski definition) is 0. The second kappa shape index (κ2) is 7.01. The third kappa shape index (κ3) is 3.26. The number of carbonyl (C=O) groups is 1. The minimum atomic E-state index is -0.456. The smallest absolute Gasteiger partial charge is 0.309 e. The van der Waals surface area contributed by atoms with Gasteiger partial charge in [-0.15, -0.1) is 0 Å². The molecule has 0 radical (unpaired) electrons. The van der Waals surface area contributed by atoms with Gasteiger partial charge in [-0.05, 0) is 69.7 Å². The molecule has 0 N–H and O–H groups in total. The predicted molar refractivity (Wildman–Crippen MR) is 121 cm³/mol. The summed E-state index contributed by atoms with van der Waals surface area (Å²) >= 11 is 0. The summed E-state index contributed by atoms with van der Waals surface area (Å²) in [6.07, 6.45) is 6.37. The van der Waals surface area contributed by atoms with Gasteiger partial charge in [0.05, 0.1) is 28.9 Å². The van der Waals surface area contributed by atoms with Gasteiger partial charge in [0.25, 0.3) is 0 Å². The number of pyridine rings is 1. The van der Waals surface area contributed by atoms with Crippen molar-refractivity contribution in [1.29, 1.82) is 5.26 Å². The summed E-state index contributed by atoms with van der Waals surface area (Å²) in [5.74, 6) is 1.65. The summed E-state index contributed by atoms with van der Waals surface area (Å²) in [5.41, 5.74) is 4.00. The van der Waals surface area contributed by atoms with E-state index in [0.29, 0.717) is 23.4 Å². The summed E-state index contributed by atoms with van der Waals surface area (Å²) in [4.78, 5) is 24.1. The number of hydrogen-bond acceptors (Lipinski definition) is 7. The van der Waals surface area contributed by atoms with Crippen LogP contribution in [0.15, 0.2) is 30.7 Å². The van der Waals surface area contributed by atoms with Crippen molar-refractivity contribution >= 4 is 17.3 Å². The molecular weight excluding hydrogens is 416 g/mol. The Labute approximate surface area is 192 Å². The molecule has 8 heteroatoms. The Hall–Kier alpha value is -3.47. The Morgan fingerprint density at radius 1 is 1.24 bits per heavy atom. The van der Waals surface area contributed by atoms with E-state index in [1.54, 1.807) is 24.7 Å². The predicted octanol–water partition coefficient (Wildman–Crippen LogP) is 3.71. The first kappa shape index (κ1) is 20.2. The van der Waals surface area contributed by atoms with Crippen LogP contribution in [0, 0.1) is 23.2 Å². The minimum Gasteiger partial charge on any atom is -0.460 e. The van der Waals surface area contributed by atoms with Crippen molar-refractivity contribution < 1.29 is 9.53 Å². The fourth-order valence-corrected chi connectivity index (χ4v) is 5.20. The molecule has 2 aliphatic carbocycles. The number of carbonyl (C=O) groups excluding carboxylic acids is 1. The van der Waals surface area contributed by atoms with E-state index < -0.39 is 5.60 Å². The summed E-state index contributed by atoms with van der Waals surface area (Å²) in [6.45, 7) is 6.54. The largest absolute Gasteiger partial charge is 0.460 e. The number of rotatable bonds is 4. The highest BCUT2D eigenvalue weighted by Crippen LogP contribution is 2.52. The van der Waals surface area contributed by atoms with Gasteiger partial charge in [-0.3, -0.25) is 9.78 Å². The van der Waals surface area contributed by atoms with Crippen molar-refractivity contribution in [3.8, 4) is 17.5 Å². The second-order valence-corrected chi connectivity index (χ2v) is 10.4. The number of piperidine rings is 1. The molecule has 3 aromatic heterocycles. The van der Waals surface area contributed by atoms with Crippen LogP contribution in [-0.4, -0.2) is 43.7 Å². The number of ether oxygens (including phenoxy) is 1. The van der Waals surface area contributed by atoms with Crippen LogP contribution >= 0.6 is 0 Å². The lowest BCUT2D eigenvalue weighted by Crippen LogP contribution is -2.69. The Balaban J connectivity index is 1.34. The molecule has 3 atom stereocenters. The second-order valence-electron chi connectivity index (χ2n) is 10.4. The fourth-order valence-electron chi connectivity index (χ4n) is 5.20. The van der Waals surface area contributed by atoms with Gasteiger partial charge < -0.3 is 9.64 Å². The van der Waals surface area contributed by atoms with E-state index in [-0.39, 0.29) is 11.9 Å². The molecule has 8 nitrogen and oxygen atoms in total. The molecule has 33 heavy (non-hydrogen) atoms. The quantitative estimate of drug-likeness (QED) is 0.568. The monoisotopic (exact) mass is 442 g/mol. The zero-order chi connectivity index (χ0) is 22.9. The first-order valence-corrected chi connectivity index (χ1v) is 11.6. The summed E-state index contributed by atoms with van der Waals surface area (Å²) in [7, 11) is 0. The summed E-state index contributed by atoms with van der Waals surface area (Å²) < 4.78 is 7.55. The average molecular weight is 443 g/mol. The topological polar surface area (TPSA) is 96.4 Å². The van der Waals surface area contributed by atoms with E-state index in [1.807, 2.05) is 25.3 Å². The molecule has 3 aliphatic rings. The van der Waals surface area contributed by atoms with Gasteiger partial charge in [-0.2, -0.15) is 10.4 Å². The fraction of sp³-hybridized carbons (Fsp3) is 0.480. The van der Waals surface area contributed by atoms with Crippen LogP contribution in [-0.2, 0) is 9.53 Å². The van der Waals surface area contributed by atoms with Crippen LogP contribution in [0.1, 0.15) is 57.1 Å². The van der Waals surface area contributed by atoms with E-state index in [2.05, 4.69) is 27.1 Å². The first-order chi connectivity index (χ1) is 15.8. The van der Waals surface area contributed by atoms with Gasteiger partial charge >= 0.3 is 5.97 Å². The van der Waals surface area contributed by atoms with Crippen LogP contribution in [0.25, 0.3) is 16.9 Å². The lowest BCUT2D eigenvalue weighted by atomic mass is 9.62. The van der Waals surface area contributed by atoms with Crippen molar-refractivity contribution in [2.24, 2.45) is 11.8 Å². The Kier molecular flexibility index (Phi) is 4.28. The summed E-state index contributed by atoms with van der Waals surface area (Å²) in [6, 6.07) is 8.18. The molecule has 0 aromatic carbocycles. The van der Waals surface area contributed by atoms with Gasteiger partial charge in [-0.1, -0.05) is 0 Å². The molecule has 0 spiro atoms. The third-order valence-corrected chi connectivity index (χ3v) is 7.03. The van der Waals surface area contributed by atoms with Crippen LogP contribution < -0.4 is 4.90 Å². The molecule has 6 rings (SSSR count). The maximum atomic E-state index is 12.6. The van der Waals surface area contributed by atoms with Crippen molar-refractivity contribution in [3.05, 3.63) is 41.9 Å². The number of fused-ring (bicyclic) bond motifs is 2. The van der Waals surface area contributed by atoms with Crippen molar-refractivity contribution in [3.63, 3.8) is 0 Å². The number of nitrogens with zero attached hydrogens (tertiary/aromatic N) is 6. The molecule has 4 heterocycles. The summed E-state index contributed by atoms with van der Waals surface area (Å²) in [5, 5.41) is 13.9. The van der Waals surface area contributed by atoms with Gasteiger partial charge in [0.2, 0.25) is 0 Å². The number of esters is 1. The zero-order valence-electron chi connectivity index (χ0n) is 19.0. The minimum absolute atomic E-state index is 0.0218. The molecule has 1 saturated heterocycles. The number of anilines is 1. The normalized spacial score (nSPS) is 23.9. The average Bonchev–Trinajstić information content (AvgIpc) is 3.53. The molecule has 1 aliphatic heterocycles. The standard InChI is InChI=1S/C25H26N6O2/c1-25(2,3)33-24(32)17-10-20-18(17)12-30(20)23-22-16(15-4-5-15)9-21(31(22)29-13-28-23)19-8-14(11-26)6-7-27-19/h6-9,13,15,17-18,20H,4-5,10,12H2,1-3H3/t17?,18?,20-/m0/s1. The van der Waals surface area contributed by atoms with Gasteiger partial charge in [0.15, 0.2) is 5.82 Å². The van der Waals surface area contributed by atoms with Gasteiger partial charge in [0.1, 0.15) is 17.4 Å². The highest BCUT2D eigenvalue weighted by atomic mass is 16.6.